The summed E-state index contributed by atoms with van der Waals surface area (Å²) in [5.74, 6) is 0.645. The van der Waals surface area contributed by atoms with Crippen LogP contribution in [0.1, 0.15) is 10.4 Å². The van der Waals surface area contributed by atoms with E-state index in [0.717, 1.165) is 11.4 Å². The number of aromatic nitrogens is 1. The Kier molecular flexibility index (Phi) is 5.52. The Morgan fingerprint density at radius 1 is 1.32 bits per heavy atom. The van der Waals surface area contributed by atoms with Crippen molar-refractivity contribution >= 4 is 35.6 Å². The summed E-state index contributed by atoms with van der Waals surface area (Å²) in [6.07, 6.45) is 1.77. The summed E-state index contributed by atoms with van der Waals surface area (Å²) < 4.78 is 0.515. The molecule has 0 radical (unpaired) electrons. The molecule has 0 saturated carbocycles. The van der Waals surface area contributed by atoms with Crippen LogP contribution in [-0.4, -0.2) is 62.8 Å². The van der Waals surface area contributed by atoms with E-state index in [1.54, 1.807) is 6.20 Å². The molecule has 1 fully saturated rings. The summed E-state index contributed by atoms with van der Waals surface area (Å²) in [6, 6.07) is 10.3. The zero-order chi connectivity index (χ0) is 17.8. The lowest BCUT2D eigenvalue weighted by Gasteiger charge is -2.41. The van der Waals surface area contributed by atoms with Gasteiger partial charge < -0.3 is 9.80 Å². The Hall–Kier alpha value is -2.16. The molecule has 1 aromatic carbocycles. The van der Waals surface area contributed by atoms with Crippen molar-refractivity contribution in [1.82, 2.24) is 19.7 Å². The van der Waals surface area contributed by atoms with Gasteiger partial charge in [-0.2, -0.15) is 0 Å². The molecule has 7 nitrogen and oxygen atoms in total. The highest BCUT2D eigenvalue weighted by atomic mass is 35.5. The minimum atomic E-state index is 0.515. The number of thiazole rings is 1. The third-order valence-corrected chi connectivity index (χ3v) is 4.83. The van der Waals surface area contributed by atoms with E-state index in [2.05, 4.69) is 38.7 Å². The molecule has 1 aliphatic heterocycles. The van der Waals surface area contributed by atoms with Gasteiger partial charge in [0.05, 0.1) is 25.0 Å². The van der Waals surface area contributed by atoms with Gasteiger partial charge in [0, 0.05) is 24.7 Å². The predicted octanol–water partition coefficient (Wildman–Crippen LogP) is 2.33. The van der Waals surface area contributed by atoms with E-state index < -0.39 is 0 Å². The number of hydrogen-bond donors (Lipinski definition) is 1. The second kappa shape index (κ2) is 7.81. The number of benzene rings is 1. The molecule has 132 valence electrons. The summed E-state index contributed by atoms with van der Waals surface area (Å²) in [5.41, 5.74) is 1.25. The largest absolute Gasteiger partial charge is 0.328 e. The van der Waals surface area contributed by atoms with Crippen LogP contribution in [0.5, 0.6) is 0 Å². The highest BCUT2D eigenvalue weighted by Crippen LogP contribution is 2.22. The van der Waals surface area contributed by atoms with Gasteiger partial charge in [-0.05, 0) is 5.56 Å². The first-order chi connectivity index (χ1) is 12.0. The first-order valence-corrected chi connectivity index (χ1v) is 8.91. The molecule has 1 N–H and O–H groups in total. The zero-order valence-electron chi connectivity index (χ0n) is 13.9. The number of rotatable bonds is 5. The van der Waals surface area contributed by atoms with Crippen molar-refractivity contribution in [3.05, 3.63) is 51.4 Å². The van der Waals surface area contributed by atoms with Crippen molar-refractivity contribution in [2.45, 2.75) is 13.1 Å². The molecular formula is C16H20ClN6OS+. The molecule has 25 heavy (non-hydrogen) atoms. The van der Waals surface area contributed by atoms with Crippen molar-refractivity contribution < 1.29 is 10.1 Å². The number of guanidine groups is 1. The zero-order valence-corrected chi connectivity index (χ0v) is 15.5. The Morgan fingerprint density at radius 2 is 2.08 bits per heavy atom. The van der Waals surface area contributed by atoms with Gasteiger partial charge in [-0.25, -0.2) is 4.98 Å². The first-order valence-electron chi connectivity index (χ1n) is 7.72. The number of halogens is 1. The minimum Gasteiger partial charge on any atom is -0.328 e. The van der Waals surface area contributed by atoms with Gasteiger partial charge in [0.15, 0.2) is 4.47 Å². The van der Waals surface area contributed by atoms with Gasteiger partial charge in [-0.15, -0.1) is 11.3 Å². The Balaban J connectivity index is 1.79. The van der Waals surface area contributed by atoms with Crippen LogP contribution in [-0.2, 0) is 13.1 Å². The fourth-order valence-corrected chi connectivity index (χ4v) is 3.80. The fourth-order valence-electron chi connectivity index (χ4n) is 2.80. The summed E-state index contributed by atoms with van der Waals surface area (Å²) in [5, 5.41) is 13.6. The first kappa shape index (κ1) is 17.7. The summed E-state index contributed by atoms with van der Waals surface area (Å²) in [4.78, 5) is 12.0. The average Bonchev–Trinajstić information content (AvgIpc) is 2.96. The van der Waals surface area contributed by atoms with Crippen LogP contribution < -0.4 is 0 Å². The van der Waals surface area contributed by atoms with Gasteiger partial charge in [-0.3, -0.25) is 10.1 Å². The van der Waals surface area contributed by atoms with Crippen LogP contribution in [0.3, 0.4) is 0 Å². The average molecular weight is 380 g/mol. The van der Waals surface area contributed by atoms with Gasteiger partial charge in [0.1, 0.15) is 4.85 Å². The second-order valence-corrected chi connectivity index (χ2v) is 7.54. The van der Waals surface area contributed by atoms with Crippen molar-refractivity contribution in [3.8, 4) is 0 Å². The van der Waals surface area contributed by atoms with E-state index in [9.17, 15) is 5.21 Å². The third kappa shape index (κ3) is 4.68. The van der Waals surface area contributed by atoms with Gasteiger partial charge >= 0.3 is 0 Å². The molecule has 1 saturated heterocycles. The molecule has 0 atom stereocenters. The molecule has 1 aliphatic rings. The molecule has 3 rings (SSSR count). The monoisotopic (exact) mass is 379 g/mol. The molecule has 2 aromatic rings. The molecule has 0 aliphatic carbocycles. The summed E-state index contributed by atoms with van der Waals surface area (Å²) in [6.45, 7) is 6.20. The molecule has 9 heteroatoms. The molecule has 0 amide bonds. The van der Waals surface area contributed by atoms with Crippen LogP contribution in [0.2, 0.25) is 4.47 Å². The standard InChI is InChI=1S/C16H20ClN6OS/c1-20-11-22(9-13-6-4-3-5-7-13)12-23(16(20)19-21(2)24)10-14-8-18-15(17)25-14/h3-8,24H,2,9-12H2,1H3/q+1/b19-16+. The van der Waals surface area contributed by atoms with E-state index in [1.807, 2.05) is 30.1 Å². The van der Waals surface area contributed by atoms with Crippen LogP contribution in [0.15, 0.2) is 41.6 Å². The van der Waals surface area contributed by atoms with E-state index in [-0.39, 0.29) is 0 Å². The van der Waals surface area contributed by atoms with Crippen molar-refractivity contribution in [1.29, 1.82) is 0 Å². The summed E-state index contributed by atoms with van der Waals surface area (Å²) >= 11 is 7.38. The Bertz CT molecular complexity index is 765. The van der Waals surface area contributed by atoms with Gasteiger partial charge in [-0.1, -0.05) is 41.9 Å². The molecule has 0 unspecified atom stereocenters. The molecular weight excluding hydrogens is 360 g/mol. The fraction of sp³-hybridized carbons (Fsp3) is 0.312. The molecule has 0 spiro atoms. The van der Waals surface area contributed by atoms with Crippen LogP contribution in [0, 0.1) is 0 Å². The second-order valence-electron chi connectivity index (χ2n) is 5.85. The lowest BCUT2D eigenvalue weighted by atomic mass is 10.2. The quantitative estimate of drug-likeness (QED) is 0.374. The maximum Gasteiger partial charge on any atom is 0.274 e. The minimum absolute atomic E-state index is 0.515. The maximum absolute atomic E-state index is 9.45. The van der Waals surface area contributed by atoms with Gasteiger partial charge in [0.25, 0.3) is 5.96 Å². The number of nitrogens with zero attached hydrogens (tertiary/aromatic N) is 6. The molecule has 2 heterocycles. The van der Waals surface area contributed by atoms with Crippen molar-refractivity contribution in [2.75, 3.05) is 20.4 Å². The topological polar surface area (TPSA) is 58.2 Å². The smallest absolute Gasteiger partial charge is 0.274 e. The lowest BCUT2D eigenvalue weighted by molar-refractivity contribution is -0.774. The normalized spacial score (nSPS) is 17.3. The predicted molar refractivity (Wildman–Crippen MR) is 98.8 cm³/mol. The van der Waals surface area contributed by atoms with Gasteiger partial charge in [0.2, 0.25) is 6.72 Å². The van der Waals surface area contributed by atoms with E-state index in [4.69, 9.17) is 11.6 Å². The van der Waals surface area contributed by atoms with Crippen LogP contribution in [0.25, 0.3) is 0 Å². The maximum atomic E-state index is 9.45. The number of hydrogen-bond acceptors (Lipinski definition) is 5. The number of hydrazone groups is 1. The summed E-state index contributed by atoms with van der Waals surface area (Å²) in [7, 11) is 1.94. The van der Waals surface area contributed by atoms with Crippen molar-refractivity contribution in [3.63, 3.8) is 0 Å². The highest BCUT2D eigenvalue weighted by Gasteiger charge is 2.29. The molecule has 1 aromatic heterocycles. The van der Waals surface area contributed by atoms with Crippen LogP contribution in [0.4, 0.5) is 0 Å². The lowest BCUT2D eigenvalue weighted by Crippen LogP contribution is -2.56. The molecule has 0 bridgehead atoms. The van der Waals surface area contributed by atoms with E-state index in [1.165, 1.54) is 16.9 Å². The Morgan fingerprint density at radius 3 is 2.72 bits per heavy atom. The third-order valence-electron chi connectivity index (χ3n) is 3.73. The Labute approximate surface area is 155 Å². The van der Waals surface area contributed by atoms with E-state index in [0.29, 0.717) is 35.2 Å². The van der Waals surface area contributed by atoms with Crippen LogP contribution >= 0.6 is 22.9 Å². The van der Waals surface area contributed by atoms with E-state index >= 15 is 0 Å². The SMILES string of the molecule is C=[N+](O)/N=C1\N(C)CN(Cc2ccccc2)CN1Cc1cnc(Cl)s1. The van der Waals surface area contributed by atoms with Crippen molar-refractivity contribution in [2.24, 2.45) is 5.10 Å². The highest BCUT2D eigenvalue weighted by molar-refractivity contribution is 7.15.